The van der Waals surface area contributed by atoms with Crippen molar-refractivity contribution in [1.82, 2.24) is 10.3 Å². The van der Waals surface area contributed by atoms with Crippen molar-refractivity contribution < 1.29 is 4.42 Å². The Morgan fingerprint density at radius 3 is 2.53 bits per heavy atom. The molecule has 19 heavy (non-hydrogen) atoms. The van der Waals surface area contributed by atoms with E-state index in [1.807, 2.05) is 19.1 Å². The molecule has 2 unspecified atom stereocenters. The molecule has 1 aromatic carbocycles. The topological polar surface area (TPSA) is 38.1 Å². The maximum absolute atomic E-state index is 5.88. The summed E-state index contributed by atoms with van der Waals surface area (Å²) in [5, 5.41) is 4.25. The number of aromatic nitrogens is 1. The van der Waals surface area contributed by atoms with Crippen LogP contribution in [0.25, 0.3) is 0 Å². The summed E-state index contributed by atoms with van der Waals surface area (Å²) in [5.41, 5.74) is 1.26. The SMILES string of the molecule is Cc1cnc(C(C)NC(C)Cc2ccc(Cl)cc2)o1. The quantitative estimate of drug-likeness (QED) is 0.901. The van der Waals surface area contributed by atoms with Gasteiger partial charge in [0.1, 0.15) is 5.76 Å². The van der Waals surface area contributed by atoms with Crippen LogP contribution in [-0.4, -0.2) is 11.0 Å². The fraction of sp³-hybridized carbons (Fsp3) is 0.400. The highest BCUT2D eigenvalue weighted by Crippen LogP contribution is 2.15. The second-order valence-corrected chi connectivity index (χ2v) is 5.37. The van der Waals surface area contributed by atoms with E-state index in [0.29, 0.717) is 6.04 Å². The zero-order valence-electron chi connectivity index (χ0n) is 11.5. The van der Waals surface area contributed by atoms with Gasteiger partial charge in [0.15, 0.2) is 0 Å². The molecule has 0 bridgehead atoms. The van der Waals surface area contributed by atoms with Crippen LogP contribution in [0.3, 0.4) is 0 Å². The number of halogens is 1. The van der Waals surface area contributed by atoms with Crippen LogP contribution in [0.15, 0.2) is 34.9 Å². The predicted molar refractivity (Wildman–Crippen MR) is 77.4 cm³/mol. The lowest BCUT2D eigenvalue weighted by atomic mass is 10.1. The van der Waals surface area contributed by atoms with Gasteiger partial charge in [-0.2, -0.15) is 0 Å². The van der Waals surface area contributed by atoms with E-state index in [1.54, 1.807) is 6.20 Å². The molecule has 0 aliphatic rings. The van der Waals surface area contributed by atoms with Crippen LogP contribution < -0.4 is 5.32 Å². The zero-order valence-corrected chi connectivity index (χ0v) is 12.2. The summed E-state index contributed by atoms with van der Waals surface area (Å²) >= 11 is 5.88. The van der Waals surface area contributed by atoms with Crippen molar-refractivity contribution in [2.75, 3.05) is 0 Å². The van der Waals surface area contributed by atoms with E-state index in [0.717, 1.165) is 23.1 Å². The van der Waals surface area contributed by atoms with E-state index in [1.165, 1.54) is 5.56 Å². The summed E-state index contributed by atoms with van der Waals surface area (Å²) < 4.78 is 5.52. The lowest BCUT2D eigenvalue weighted by Gasteiger charge is -2.18. The number of aryl methyl sites for hydroxylation is 1. The molecule has 0 saturated heterocycles. The molecule has 0 amide bonds. The van der Waals surface area contributed by atoms with Crippen LogP contribution in [0.4, 0.5) is 0 Å². The van der Waals surface area contributed by atoms with Gasteiger partial charge in [-0.15, -0.1) is 0 Å². The van der Waals surface area contributed by atoms with Crippen LogP contribution in [0.5, 0.6) is 0 Å². The summed E-state index contributed by atoms with van der Waals surface area (Å²) in [6, 6.07) is 8.40. The Morgan fingerprint density at radius 1 is 1.26 bits per heavy atom. The Balaban J connectivity index is 1.90. The predicted octanol–water partition coefficient (Wildman–Crippen LogP) is 3.92. The average molecular weight is 279 g/mol. The van der Waals surface area contributed by atoms with E-state index in [-0.39, 0.29) is 6.04 Å². The highest BCUT2D eigenvalue weighted by molar-refractivity contribution is 6.30. The van der Waals surface area contributed by atoms with Gasteiger partial charge in [-0.3, -0.25) is 0 Å². The minimum absolute atomic E-state index is 0.107. The molecule has 0 spiro atoms. The molecule has 0 saturated carbocycles. The van der Waals surface area contributed by atoms with E-state index < -0.39 is 0 Å². The van der Waals surface area contributed by atoms with Gasteiger partial charge < -0.3 is 9.73 Å². The maximum Gasteiger partial charge on any atom is 0.211 e. The van der Waals surface area contributed by atoms with Crippen molar-refractivity contribution in [3.8, 4) is 0 Å². The van der Waals surface area contributed by atoms with Gasteiger partial charge >= 0.3 is 0 Å². The molecule has 2 atom stereocenters. The summed E-state index contributed by atoms with van der Waals surface area (Å²) in [4.78, 5) is 4.24. The van der Waals surface area contributed by atoms with E-state index in [2.05, 4.69) is 36.3 Å². The van der Waals surface area contributed by atoms with Crippen LogP contribution in [-0.2, 0) is 6.42 Å². The summed E-state index contributed by atoms with van der Waals surface area (Å²) in [5.74, 6) is 1.58. The Hall–Kier alpha value is -1.32. The molecule has 0 aliphatic heterocycles. The van der Waals surface area contributed by atoms with Crippen LogP contribution in [0.2, 0.25) is 5.02 Å². The van der Waals surface area contributed by atoms with E-state index in [9.17, 15) is 0 Å². The number of nitrogens with one attached hydrogen (secondary N) is 1. The summed E-state index contributed by atoms with van der Waals surface area (Å²) in [7, 11) is 0. The number of nitrogens with zero attached hydrogens (tertiary/aromatic N) is 1. The molecule has 1 heterocycles. The molecule has 0 radical (unpaired) electrons. The highest BCUT2D eigenvalue weighted by Gasteiger charge is 2.14. The number of benzene rings is 1. The van der Waals surface area contributed by atoms with Gasteiger partial charge in [0, 0.05) is 11.1 Å². The first-order chi connectivity index (χ1) is 9.04. The van der Waals surface area contributed by atoms with Crippen molar-refractivity contribution >= 4 is 11.6 Å². The summed E-state index contributed by atoms with van der Waals surface area (Å²) in [6.45, 7) is 6.12. The van der Waals surface area contributed by atoms with Gasteiger partial charge in [0.05, 0.1) is 12.2 Å². The Bertz CT molecular complexity index is 521. The van der Waals surface area contributed by atoms with Gasteiger partial charge in [-0.05, 0) is 44.9 Å². The van der Waals surface area contributed by atoms with Crippen molar-refractivity contribution in [2.24, 2.45) is 0 Å². The number of rotatable bonds is 5. The zero-order chi connectivity index (χ0) is 13.8. The Morgan fingerprint density at radius 2 is 1.95 bits per heavy atom. The molecule has 0 fully saturated rings. The molecule has 0 aliphatic carbocycles. The Labute approximate surface area is 119 Å². The minimum Gasteiger partial charge on any atom is -0.444 e. The van der Waals surface area contributed by atoms with Crippen molar-refractivity contribution in [3.05, 3.63) is 52.7 Å². The molecule has 4 heteroatoms. The molecule has 3 nitrogen and oxygen atoms in total. The largest absolute Gasteiger partial charge is 0.444 e. The monoisotopic (exact) mass is 278 g/mol. The van der Waals surface area contributed by atoms with Crippen molar-refractivity contribution in [2.45, 2.75) is 39.3 Å². The standard InChI is InChI=1S/C15H19ClN2O/c1-10(8-13-4-6-14(16)7-5-13)18-12(3)15-17-9-11(2)19-15/h4-7,9-10,12,18H,8H2,1-3H3. The second kappa shape index (κ2) is 6.22. The molecule has 1 N–H and O–H groups in total. The van der Waals surface area contributed by atoms with E-state index >= 15 is 0 Å². The molecule has 102 valence electrons. The third-order valence-corrected chi connectivity index (χ3v) is 3.25. The fourth-order valence-corrected chi connectivity index (χ4v) is 2.23. The first kappa shape index (κ1) is 14.1. The lowest BCUT2D eigenvalue weighted by molar-refractivity contribution is 0.376. The lowest BCUT2D eigenvalue weighted by Crippen LogP contribution is -2.30. The van der Waals surface area contributed by atoms with Gasteiger partial charge in [-0.1, -0.05) is 23.7 Å². The van der Waals surface area contributed by atoms with E-state index in [4.69, 9.17) is 16.0 Å². The van der Waals surface area contributed by atoms with Gasteiger partial charge in [0.25, 0.3) is 0 Å². The van der Waals surface area contributed by atoms with Crippen LogP contribution in [0.1, 0.15) is 37.1 Å². The molecule has 1 aromatic heterocycles. The number of hydrogen-bond donors (Lipinski definition) is 1. The average Bonchev–Trinajstić information content (AvgIpc) is 2.79. The van der Waals surface area contributed by atoms with Gasteiger partial charge in [0.2, 0.25) is 5.89 Å². The fourth-order valence-electron chi connectivity index (χ4n) is 2.10. The molecular formula is C15H19ClN2O. The highest BCUT2D eigenvalue weighted by atomic mass is 35.5. The number of oxazole rings is 1. The van der Waals surface area contributed by atoms with Gasteiger partial charge in [-0.25, -0.2) is 4.98 Å². The minimum atomic E-state index is 0.107. The Kier molecular flexibility index (Phi) is 4.61. The second-order valence-electron chi connectivity index (χ2n) is 4.93. The first-order valence-corrected chi connectivity index (χ1v) is 6.85. The molecule has 2 rings (SSSR count). The summed E-state index contributed by atoms with van der Waals surface area (Å²) in [6.07, 6.45) is 2.69. The third-order valence-electron chi connectivity index (χ3n) is 3.00. The molecule has 2 aromatic rings. The number of hydrogen-bond acceptors (Lipinski definition) is 3. The first-order valence-electron chi connectivity index (χ1n) is 6.47. The maximum atomic E-state index is 5.88. The molecular weight excluding hydrogens is 260 g/mol. The van der Waals surface area contributed by atoms with Crippen LogP contribution >= 0.6 is 11.6 Å². The van der Waals surface area contributed by atoms with Crippen molar-refractivity contribution in [3.63, 3.8) is 0 Å². The van der Waals surface area contributed by atoms with Crippen LogP contribution in [0, 0.1) is 6.92 Å². The smallest absolute Gasteiger partial charge is 0.211 e. The van der Waals surface area contributed by atoms with Crippen molar-refractivity contribution in [1.29, 1.82) is 0 Å². The third kappa shape index (κ3) is 4.08. The normalized spacial score (nSPS) is 14.3.